The molecule has 0 aliphatic carbocycles. The van der Waals surface area contributed by atoms with E-state index in [1.165, 1.54) is 9.96 Å². The van der Waals surface area contributed by atoms with E-state index in [1.54, 1.807) is 25.7 Å². The van der Waals surface area contributed by atoms with Crippen LogP contribution in [0.2, 0.25) is 0 Å². The molecular formula is C33H48N6O8. The van der Waals surface area contributed by atoms with E-state index < -0.39 is 28.9 Å². The number of hydrogen-bond acceptors (Lipinski definition) is 8. The Morgan fingerprint density at radius 1 is 0.745 bits per heavy atom. The minimum Gasteiger partial charge on any atom is -0.347 e. The van der Waals surface area contributed by atoms with E-state index in [4.69, 9.17) is 4.84 Å². The van der Waals surface area contributed by atoms with Crippen LogP contribution in [0.25, 0.3) is 0 Å². The van der Waals surface area contributed by atoms with Crippen molar-refractivity contribution in [2.75, 3.05) is 26.2 Å². The molecule has 0 saturated carbocycles. The molecule has 1 aromatic carbocycles. The molecule has 3 N–H and O–H groups in total. The smallest absolute Gasteiger partial charge is 0.345 e. The van der Waals surface area contributed by atoms with E-state index >= 15 is 0 Å². The maximum atomic E-state index is 12.7. The zero-order valence-corrected chi connectivity index (χ0v) is 28.2. The Labute approximate surface area is 275 Å². The van der Waals surface area contributed by atoms with Crippen LogP contribution in [-0.4, -0.2) is 111 Å². The number of amides is 6. The molecule has 1 aromatic rings. The van der Waals surface area contributed by atoms with E-state index in [9.17, 15) is 34.0 Å². The summed E-state index contributed by atoms with van der Waals surface area (Å²) in [4.78, 5) is 81.6. The van der Waals surface area contributed by atoms with Gasteiger partial charge in [-0.25, -0.2) is 14.7 Å². The first-order valence-electron chi connectivity index (χ1n) is 16.2. The van der Waals surface area contributed by atoms with Gasteiger partial charge in [0.05, 0.1) is 25.2 Å². The molecule has 4 heterocycles. The Morgan fingerprint density at radius 2 is 1.21 bits per heavy atom. The van der Waals surface area contributed by atoms with E-state index in [-0.39, 0.29) is 54.6 Å². The van der Waals surface area contributed by atoms with Crippen LogP contribution in [0.15, 0.2) is 30.3 Å². The summed E-state index contributed by atoms with van der Waals surface area (Å²) in [6.45, 7) is 11.9. The highest BCUT2D eigenvalue weighted by molar-refractivity contribution is 5.94. The highest BCUT2D eigenvalue weighted by Crippen LogP contribution is 2.31. The number of nitrogens with one attached hydrogen (secondary N) is 2. The maximum Gasteiger partial charge on any atom is 0.345 e. The molecule has 0 radical (unpaired) electrons. The van der Waals surface area contributed by atoms with Crippen LogP contribution in [0, 0.1) is 10.8 Å². The molecule has 258 valence electrons. The summed E-state index contributed by atoms with van der Waals surface area (Å²) in [6, 6.07) is 7.43. The van der Waals surface area contributed by atoms with Crippen molar-refractivity contribution in [2.24, 2.45) is 10.8 Å². The van der Waals surface area contributed by atoms with Gasteiger partial charge in [0.25, 0.3) is 0 Å². The van der Waals surface area contributed by atoms with Gasteiger partial charge in [-0.3, -0.25) is 29.2 Å². The van der Waals surface area contributed by atoms with Crippen LogP contribution in [0.5, 0.6) is 0 Å². The maximum absolute atomic E-state index is 12.7. The molecule has 4 fully saturated rings. The largest absolute Gasteiger partial charge is 0.347 e. The molecule has 0 unspecified atom stereocenters. The predicted octanol–water partition coefficient (Wildman–Crippen LogP) is 2.49. The van der Waals surface area contributed by atoms with Crippen LogP contribution >= 0.6 is 0 Å². The Morgan fingerprint density at radius 3 is 1.72 bits per heavy atom. The second-order valence-corrected chi connectivity index (χ2v) is 14.6. The van der Waals surface area contributed by atoms with Gasteiger partial charge in [0, 0.05) is 23.9 Å². The van der Waals surface area contributed by atoms with Crippen molar-refractivity contribution in [1.29, 1.82) is 0 Å². The molecule has 6 amide bonds. The fraction of sp³-hybridized carbons (Fsp3) is 0.636. The summed E-state index contributed by atoms with van der Waals surface area (Å²) in [6.07, 6.45) is 2.35. The number of ketones is 2. The van der Waals surface area contributed by atoms with Crippen molar-refractivity contribution in [3.05, 3.63) is 35.9 Å². The number of fused-ring (bicyclic) bond motifs is 4. The molecule has 0 aromatic heterocycles. The summed E-state index contributed by atoms with van der Waals surface area (Å²) >= 11 is 0. The van der Waals surface area contributed by atoms with Crippen LogP contribution < -0.4 is 10.6 Å². The third kappa shape index (κ3) is 8.47. The average Bonchev–Trinajstić information content (AvgIpc) is 3.39. The van der Waals surface area contributed by atoms with Gasteiger partial charge < -0.3 is 20.4 Å². The van der Waals surface area contributed by atoms with Crippen molar-refractivity contribution in [3.8, 4) is 0 Å². The molecule has 14 heteroatoms. The molecule has 47 heavy (non-hydrogen) atoms. The summed E-state index contributed by atoms with van der Waals surface area (Å²) < 4.78 is 0. The second kappa shape index (κ2) is 14.4. The first kappa shape index (κ1) is 35.8. The Bertz CT molecular complexity index is 1360. The molecule has 4 aliphatic heterocycles. The zero-order chi connectivity index (χ0) is 34.7. The van der Waals surface area contributed by atoms with E-state index in [0.29, 0.717) is 50.4 Å². The number of hydrogen-bond donors (Lipinski definition) is 3. The van der Waals surface area contributed by atoms with Gasteiger partial charge in [-0.05, 0) is 31.2 Å². The normalized spacial score (nSPS) is 23.7. The van der Waals surface area contributed by atoms with Gasteiger partial charge in [-0.1, -0.05) is 71.9 Å². The lowest BCUT2D eigenvalue weighted by Crippen LogP contribution is -2.51. The summed E-state index contributed by atoms with van der Waals surface area (Å²) in [5, 5.41) is 16.9. The third-order valence-corrected chi connectivity index (χ3v) is 9.01. The molecule has 0 spiro atoms. The predicted molar refractivity (Wildman–Crippen MR) is 169 cm³/mol. The van der Waals surface area contributed by atoms with Gasteiger partial charge in [0.15, 0.2) is 11.6 Å². The highest BCUT2D eigenvalue weighted by atomic mass is 16.7. The summed E-state index contributed by atoms with van der Waals surface area (Å²) in [7, 11) is 0. The van der Waals surface area contributed by atoms with Gasteiger partial charge >= 0.3 is 12.1 Å². The number of benzene rings is 1. The molecule has 4 bridgehead atoms. The molecule has 4 saturated heterocycles. The Balaban J connectivity index is 0.000000223. The quantitative estimate of drug-likeness (QED) is 0.341. The lowest BCUT2D eigenvalue weighted by molar-refractivity contribution is -0.140. The second-order valence-electron chi connectivity index (χ2n) is 14.6. The van der Waals surface area contributed by atoms with Gasteiger partial charge in [-0.15, -0.1) is 0 Å². The van der Waals surface area contributed by atoms with Crippen molar-refractivity contribution < 1.29 is 38.8 Å². The van der Waals surface area contributed by atoms with E-state index in [1.807, 2.05) is 51.1 Å². The van der Waals surface area contributed by atoms with Crippen molar-refractivity contribution in [1.82, 2.24) is 30.6 Å². The van der Waals surface area contributed by atoms with Crippen molar-refractivity contribution in [3.63, 3.8) is 0 Å². The number of urea groups is 2. The average molecular weight is 657 g/mol. The molecule has 4 atom stereocenters. The van der Waals surface area contributed by atoms with Gasteiger partial charge in [0.2, 0.25) is 11.8 Å². The number of hydroxylamine groups is 4. The molecule has 14 nitrogen and oxygen atoms in total. The fourth-order valence-corrected chi connectivity index (χ4v) is 5.81. The SMILES string of the molecule is CC(C)(C)C(=O)CNC(=O)[C@@H]1CC[C@@H]2CN1C(=O)N2O.CC(C)(C)C(=O)CNC(=O)[C@@H]1CC[C@@H]2CN1C(=O)N2OCc1ccccc1. The minimum atomic E-state index is -0.594. The minimum absolute atomic E-state index is 0.0154. The van der Waals surface area contributed by atoms with Gasteiger partial charge in [0.1, 0.15) is 18.7 Å². The van der Waals surface area contributed by atoms with E-state index in [2.05, 4.69) is 10.6 Å². The molecule has 5 rings (SSSR count). The summed E-state index contributed by atoms with van der Waals surface area (Å²) in [5.74, 6) is -0.699. The lowest BCUT2D eigenvalue weighted by Gasteiger charge is -2.29. The monoisotopic (exact) mass is 656 g/mol. The highest BCUT2D eigenvalue weighted by Gasteiger charge is 2.48. The standard InChI is InChI=1S/C20H27N3O4.C13H21N3O4/c1-20(2,3)17(24)11-21-18(25)16-10-9-15-12-22(16)19(26)23(15)27-13-14-7-5-4-6-8-14;1-13(2,3)10(17)6-14-11(18)9-5-4-8-7-15(9)12(19)16(8)20/h4-8,15-16H,9-13H2,1-3H3,(H,21,25);8-9,20H,4-7H2,1-3H3,(H,14,18)/t15-,16+;8-,9+/m11/s1. The van der Waals surface area contributed by atoms with Crippen LogP contribution in [0.3, 0.4) is 0 Å². The number of nitrogens with zero attached hydrogens (tertiary/aromatic N) is 4. The number of carbonyl (C=O) groups is 6. The first-order valence-corrected chi connectivity index (χ1v) is 16.2. The van der Waals surface area contributed by atoms with Crippen LogP contribution in [-0.2, 0) is 30.6 Å². The number of carbonyl (C=O) groups excluding carboxylic acids is 6. The molecular weight excluding hydrogens is 608 g/mol. The van der Waals surface area contributed by atoms with Crippen LogP contribution in [0.1, 0.15) is 72.8 Å². The van der Waals surface area contributed by atoms with Gasteiger partial charge in [-0.2, -0.15) is 5.06 Å². The number of Topliss-reactive ketones (excluding diaryl/α,β-unsaturated/α-hetero) is 2. The third-order valence-electron chi connectivity index (χ3n) is 9.01. The fourth-order valence-electron chi connectivity index (χ4n) is 5.81. The number of piperidine rings is 2. The van der Waals surface area contributed by atoms with Crippen molar-refractivity contribution >= 4 is 35.4 Å². The van der Waals surface area contributed by atoms with E-state index in [0.717, 1.165) is 5.56 Å². The Kier molecular flexibility index (Phi) is 11.0. The topological polar surface area (TPSA) is 169 Å². The summed E-state index contributed by atoms with van der Waals surface area (Å²) in [5.41, 5.74) is -0.0241. The zero-order valence-electron chi connectivity index (χ0n) is 28.2. The van der Waals surface area contributed by atoms with Crippen molar-refractivity contribution in [2.45, 2.75) is 98.0 Å². The number of rotatable bonds is 9. The molecule has 4 aliphatic rings. The Hall–Kier alpha value is -4.04. The van der Waals surface area contributed by atoms with Crippen LogP contribution in [0.4, 0.5) is 9.59 Å². The lowest BCUT2D eigenvalue weighted by atomic mass is 9.91. The first-order chi connectivity index (χ1) is 22.0.